The Bertz CT molecular complexity index is 787. The summed E-state index contributed by atoms with van der Waals surface area (Å²) < 4.78 is 6.83. The number of rotatable bonds is 2. The third kappa shape index (κ3) is 1.59. The van der Waals surface area contributed by atoms with E-state index in [1.54, 1.807) is 13.2 Å². The van der Waals surface area contributed by atoms with E-state index in [0.717, 1.165) is 23.1 Å². The highest BCUT2D eigenvalue weighted by Crippen LogP contribution is 2.57. The van der Waals surface area contributed by atoms with Crippen molar-refractivity contribution in [1.82, 2.24) is 4.57 Å². The number of halogens is 1. The molecule has 1 aromatic carbocycles. The van der Waals surface area contributed by atoms with Crippen molar-refractivity contribution in [2.45, 2.75) is 25.2 Å². The number of ether oxygens (including phenoxy) is 1. The molecule has 5 heteroatoms. The molecule has 2 bridgehead atoms. The first kappa shape index (κ1) is 13.6. The summed E-state index contributed by atoms with van der Waals surface area (Å²) in [6.07, 6.45) is 5.13. The molecule has 1 heterocycles. The number of aromatic nitrogens is 1. The van der Waals surface area contributed by atoms with Crippen molar-refractivity contribution < 1.29 is 14.9 Å². The zero-order valence-corrected chi connectivity index (χ0v) is 13.1. The van der Waals surface area contributed by atoms with E-state index in [1.807, 2.05) is 13.0 Å². The molecule has 2 atom stereocenters. The molecule has 0 aliphatic heterocycles. The molecule has 0 saturated carbocycles. The number of hydrogen-bond acceptors (Lipinski definition) is 3. The van der Waals surface area contributed by atoms with Crippen LogP contribution in [-0.2, 0) is 0 Å². The maximum atomic E-state index is 10.7. The summed E-state index contributed by atoms with van der Waals surface area (Å²) in [4.78, 5) is 0. The molecule has 0 saturated heterocycles. The Morgan fingerprint density at radius 2 is 1.73 bits per heavy atom. The first-order chi connectivity index (χ1) is 10.5. The van der Waals surface area contributed by atoms with Crippen LogP contribution in [0, 0.1) is 6.92 Å². The molecule has 2 aliphatic rings. The molecule has 0 amide bonds. The average molecular weight is 318 g/mol. The lowest BCUT2D eigenvalue weighted by atomic mass is 10.0. The summed E-state index contributed by atoms with van der Waals surface area (Å²) in [5.74, 6) is 1.06. The van der Waals surface area contributed by atoms with E-state index in [-0.39, 0.29) is 23.6 Å². The maximum absolute atomic E-state index is 10.7. The van der Waals surface area contributed by atoms with Gasteiger partial charge in [-0.05, 0) is 25.0 Å². The molecular formula is C17H16ClNO3. The van der Waals surface area contributed by atoms with Crippen LogP contribution in [0.5, 0.6) is 17.5 Å². The number of aromatic hydroxyl groups is 2. The molecule has 4 nitrogen and oxygen atoms in total. The van der Waals surface area contributed by atoms with E-state index < -0.39 is 0 Å². The highest BCUT2D eigenvalue weighted by atomic mass is 35.5. The lowest BCUT2D eigenvalue weighted by Crippen LogP contribution is -2.00. The maximum Gasteiger partial charge on any atom is 0.202 e. The molecular weight excluding hydrogens is 302 g/mol. The third-order valence-corrected chi connectivity index (χ3v) is 5.13. The Morgan fingerprint density at radius 1 is 1.14 bits per heavy atom. The van der Waals surface area contributed by atoms with E-state index in [1.165, 1.54) is 4.57 Å². The summed E-state index contributed by atoms with van der Waals surface area (Å²) in [7, 11) is 1.54. The monoisotopic (exact) mass is 317 g/mol. The molecule has 0 fully saturated rings. The normalized spacial score (nSPS) is 21.4. The lowest BCUT2D eigenvalue weighted by Gasteiger charge is -2.15. The largest absolute Gasteiger partial charge is 0.494 e. The minimum Gasteiger partial charge on any atom is -0.494 e. The van der Waals surface area contributed by atoms with E-state index in [0.29, 0.717) is 16.5 Å². The second-order valence-electron chi connectivity index (χ2n) is 5.92. The van der Waals surface area contributed by atoms with Crippen molar-refractivity contribution in [3.05, 3.63) is 46.0 Å². The first-order valence-corrected chi connectivity index (χ1v) is 7.60. The quantitative estimate of drug-likeness (QED) is 0.823. The lowest BCUT2D eigenvalue weighted by molar-refractivity contribution is 0.382. The molecule has 114 valence electrons. The van der Waals surface area contributed by atoms with Gasteiger partial charge in [0.15, 0.2) is 0 Å². The molecule has 2 aromatic rings. The van der Waals surface area contributed by atoms with Gasteiger partial charge in [-0.2, -0.15) is 0 Å². The zero-order valence-electron chi connectivity index (χ0n) is 12.3. The number of hydrogen-bond donors (Lipinski definition) is 2. The second kappa shape index (κ2) is 4.46. The van der Waals surface area contributed by atoms with Crippen molar-refractivity contribution in [2.75, 3.05) is 7.11 Å². The van der Waals surface area contributed by atoms with Crippen LogP contribution in [-0.4, -0.2) is 21.9 Å². The fourth-order valence-electron chi connectivity index (χ4n) is 3.65. The zero-order chi connectivity index (χ0) is 15.6. The van der Waals surface area contributed by atoms with Gasteiger partial charge in [0.2, 0.25) is 11.8 Å². The highest BCUT2D eigenvalue weighted by molar-refractivity contribution is 6.31. The number of methoxy groups -OCH3 is 1. The van der Waals surface area contributed by atoms with Gasteiger partial charge >= 0.3 is 0 Å². The van der Waals surface area contributed by atoms with Crippen molar-refractivity contribution in [2.24, 2.45) is 0 Å². The van der Waals surface area contributed by atoms with Gasteiger partial charge in [-0.3, -0.25) is 0 Å². The highest BCUT2D eigenvalue weighted by Gasteiger charge is 2.41. The number of aryl methyl sites for hydroxylation is 1. The third-order valence-electron chi connectivity index (χ3n) is 4.72. The number of fused-ring (bicyclic) bond motifs is 5. The topological polar surface area (TPSA) is 54.6 Å². The van der Waals surface area contributed by atoms with E-state index in [4.69, 9.17) is 16.3 Å². The van der Waals surface area contributed by atoms with Crippen LogP contribution in [0.3, 0.4) is 0 Å². The van der Waals surface area contributed by atoms with Gasteiger partial charge in [0.05, 0.1) is 12.8 Å². The predicted molar refractivity (Wildman–Crippen MR) is 84.6 cm³/mol. The van der Waals surface area contributed by atoms with Crippen LogP contribution in [0.4, 0.5) is 0 Å². The minimum absolute atomic E-state index is 0.0874. The number of allylic oxidation sites excluding steroid dienone is 2. The Balaban J connectivity index is 1.98. The van der Waals surface area contributed by atoms with Crippen molar-refractivity contribution in [1.29, 1.82) is 0 Å². The van der Waals surface area contributed by atoms with E-state index >= 15 is 0 Å². The summed E-state index contributed by atoms with van der Waals surface area (Å²) in [5.41, 5.74) is 3.11. The summed E-state index contributed by atoms with van der Waals surface area (Å²) >= 11 is 6.14. The summed E-state index contributed by atoms with van der Waals surface area (Å²) in [5, 5.41) is 21.9. The second-order valence-corrected chi connectivity index (χ2v) is 6.32. The van der Waals surface area contributed by atoms with Gasteiger partial charge in [0, 0.05) is 34.1 Å². The number of nitrogens with zero attached hydrogens (tertiary/aromatic N) is 1. The Hall–Kier alpha value is -2.07. The van der Waals surface area contributed by atoms with Gasteiger partial charge in [-0.15, -0.1) is 0 Å². The van der Waals surface area contributed by atoms with Crippen LogP contribution in [0.1, 0.15) is 34.9 Å². The predicted octanol–water partition coefficient (Wildman–Crippen LogP) is 4.00. The minimum atomic E-state index is 0.0874. The van der Waals surface area contributed by atoms with Crippen LogP contribution >= 0.6 is 11.6 Å². The summed E-state index contributed by atoms with van der Waals surface area (Å²) in [6.45, 7) is 1.88. The van der Waals surface area contributed by atoms with E-state index in [2.05, 4.69) is 12.2 Å². The van der Waals surface area contributed by atoms with Gasteiger partial charge in [-0.1, -0.05) is 23.8 Å². The smallest absolute Gasteiger partial charge is 0.202 e. The summed E-state index contributed by atoms with van der Waals surface area (Å²) in [6, 6.07) is 3.51. The standard InChI is InChI=1S/C17H16ClNO3/c1-8-5-12(13(22-2)7-11(8)18)19-16(20)14-9-3-4-10(6-9)15(14)17(19)21/h3-5,7,9-10,20-21H,6H2,1-2H3/t9-,10+. The van der Waals surface area contributed by atoms with Crippen molar-refractivity contribution in [3.63, 3.8) is 0 Å². The van der Waals surface area contributed by atoms with E-state index in [9.17, 15) is 10.2 Å². The van der Waals surface area contributed by atoms with Crippen LogP contribution in [0.2, 0.25) is 5.02 Å². The molecule has 2 N–H and O–H groups in total. The molecule has 0 radical (unpaired) electrons. The molecule has 2 aliphatic carbocycles. The van der Waals surface area contributed by atoms with Gasteiger partial charge in [0.1, 0.15) is 5.75 Å². The van der Waals surface area contributed by atoms with Crippen LogP contribution in [0.25, 0.3) is 5.69 Å². The Kier molecular flexibility index (Phi) is 2.76. The molecule has 4 rings (SSSR count). The van der Waals surface area contributed by atoms with Gasteiger partial charge in [0.25, 0.3) is 0 Å². The fraction of sp³-hybridized carbons (Fsp3) is 0.294. The molecule has 0 spiro atoms. The van der Waals surface area contributed by atoms with Gasteiger partial charge < -0.3 is 14.9 Å². The molecule has 0 unspecified atom stereocenters. The fourth-order valence-corrected chi connectivity index (χ4v) is 3.81. The van der Waals surface area contributed by atoms with Crippen LogP contribution in [0.15, 0.2) is 24.3 Å². The SMILES string of the molecule is COc1cc(Cl)c(C)cc1-n1c(O)c2c(c1O)[C@H]1C=C[C@@H]2C1. The molecule has 22 heavy (non-hydrogen) atoms. The Morgan fingerprint density at radius 3 is 2.27 bits per heavy atom. The number of benzene rings is 1. The molecule has 1 aromatic heterocycles. The van der Waals surface area contributed by atoms with Crippen LogP contribution < -0.4 is 4.74 Å². The first-order valence-electron chi connectivity index (χ1n) is 7.22. The van der Waals surface area contributed by atoms with Crippen molar-refractivity contribution >= 4 is 11.6 Å². The van der Waals surface area contributed by atoms with Crippen molar-refractivity contribution in [3.8, 4) is 23.2 Å². The van der Waals surface area contributed by atoms with Gasteiger partial charge in [-0.25, -0.2) is 4.57 Å². The Labute approximate surface area is 133 Å². The average Bonchev–Trinajstić information content (AvgIpc) is 3.16.